The van der Waals surface area contributed by atoms with Crippen LogP contribution in [0.2, 0.25) is 0 Å². The summed E-state index contributed by atoms with van der Waals surface area (Å²) >= 11 is 0. The molecule has 0 aliphatic carbocycles. The van der Waals surface area contributed by atoms with Crippen LogP contribution >= 0.6 is 0 Å². The zero-order valence-corrected chi connectivity index (χ0v) is 18.7. The summed E-state index contributed by atoms with van der Waals surface area (Å²) in [4.78, 5) is 37.8. The van der Waals surface area contributed by atoms with Crippen LogP contribution in [0.1, 0.15) is 51.5 Å². The molecule has 0 fully saturated rings. The largest absolute Gasteiger partial charge is 0.494 e. The summed E-state index contributed by atoms with van der Waals surface area (Å²) < 4.78 is 10.6. The molecule has 0 spiro atoms. The molecule has 0 radical (unpaired) electrons. The highest BCUT2D eigenvalue weighted by molar-refractivity contribution is 5.92. The van der Waals surface area contributed by atoms with Crippen LogP contribution in [0.25, 0.3) is 0 Å². The van der Waals surface area contributed by atoms with Gasteiger partial charge in [0.05, 0.1) is 19.8 Å². The summed E-state index contributed by atoms with van der Waals surface area (Å²) in [6.45, 7) is 4.49. The number of ether oxygens (including phenoxy) is 2. The van der Waals surface area contributed by atoms with Gasteiger partial charge in [-0.15, -0.1) is 0 Å². The second-order valence-electron chi connectivity index (χ2n) is 8.43. The Morgan fingerprint density at radius 1 is 1.13 bits per heavy atom. The van der Waals surface area contributed by atoms with Crippen molar-refractivity contribution in [2.75, 3.05) is 13.7 Å². The molecular weight excluding hydrogens is 398 g/mol. The summed E-state index contributed by atoms with van der Waals surface area (Å²) in [6.07, 6.45) is 3.64. The smallest absolute Gasteiger partial charge is 0.328 e. The predicted molar refractivity (Wildman–Crippen MR) is 117 cm³/mol. The van der Waals surface area contributed by atoms with Crippen LogP contribution in [-0.2, 0) is 25.5 Å². The van der Waals surface area contributed by atoms with Crippen molar-refractivity contribution in [3.63, 3.8) is 0 Å². The van der Waals surface area contributed by atoms with Crippen molar-refractivity contribution in [1.82, 2.24) is 10.6 Å². The fourth-order valence-corrected chi connectivity index (χ4v) is 3.53. The van der Waals surface area contributed by atoms with Crippen molar-refractivity contribution in [2.45, 2.75) is 70.5 Å². The highest BCUT2D eigenvalue weighted by Gasteiger charge is 2.29. The number of hydrogen-bond donors (Lipinski definition) is 3. The van der Waals surface area contributed by atoms with E-state index in [0.29, 0.717) is 25.9 Å². The lowest BCUT2D eigenvalue weighted by atomic mass is 10.0. The normalized spacial score (nSPS) is 23.8. The monoisotopic (exact) mass is 433 g/mol. The zero-order valence-electron chi connectivity index (χ0n) is 18.7. The minimum atomic E-state index is -0.801. The minimum absolute atomic E-state index is 0.161. The van der Waals surface area contributed by atoms with E-state index in [0.717, 1.165) is 30.6 Å². The molecule has 172 valence electrons. The van der Waals surface area contributed by atoms with Crippen LogP contribution in [0.3, 0.4) is 0 Å². The average Bonchev–Trinajstić information content (AvgIpc) is 2.74. The third-order valence-corrected chi connectivity index (χ3v) is 5.26. The molecule has 8 heteroatoms. The number of fused-ring (bicyclic) bond motifs is 15. The Hall–Kier alpha value is -2.61. The first-order valence-corrected chi connectivity index (χ1v) is 11.0. The maximum absolute atomic E-state index is 12.9. The minimum Gasteiger partial charge on any atom is -0.494 e. The van der Waals surface area contributed by atoms with Gasteiger partial charge in [-0.25, -0.2) is 4.79 Å². The molecule has 0 saturated carbocycles. The van der Waals surface area contributed by atoms with E-state index in [1.54, 1.807) is 0 Å². The number of methoxy groups -OCH3 is 1. The van der Waals surface area contributed by atoms with E-state index in [-0.39, 0.29) is 5.92 Å². The number of carbonyl (C=O) groups excluding carboxylic acids is 3. The Morgan fingerprint density at radius 3 is 2.48 bits per heavy atom. The molecular formula is C23H35N3O5. The Bertz CT molecular complexity index is 735. The summed E-state index contributed by atoms with van der Waals surface area (Å²) in [5.41, 5.74) is 7.01. The van der Waals surface area contributed by atoms with Gasteiger partial charge in [0.1, 0.15) is 17.8 Å². The number of carbonyl (C=O) groups is 3. The number of nitrogens with one attached hydrogen (secondary N) is 2. The molecule has 8 nitrogen and oxygen atoms in total. The molecule has 3 atom stereocenters. The first kappa shape index (κ1) is 24.7. The van der Waals surface area contributed by atoms with Gasteiger partial charge in [-0.1, -0.05) is 32.4 Å². The first-order valence-electron chi connectivity index (χ1n) is 11.0. The van der Waals surface area contributed by atoms with Gasteiger partial charge in [-0.3, -0.25) is 9.59 Å². The summed E-state index contributed by atoms with van der Waals surface area (Å²) in [6, 6.07) is 5.18. The summed E-state index contributed by atoms with van der Waals surface area (Å²) in [5, 5.41) is 5.53. The van der Waals surface area contributed by atoms with Crippen LogP contribution < -0.4 is 21.1 Å². The van der Waals surface area contributed by atoms with Crippen molar-refractivity contribution in [3.8, 4) is 5.75 Å². The van der Waals surface area contributed by atoms with Gasteiger partial charge in [0.2, 0.25) is 11.8 Å². The number of hydrogen-bond acceptors (Lipinski definition) is 6. The van der Waals surface area contributed by atoms with Gasteiger partial charge in [-0.05, 0) is 55.7 Å². The molecule has 2 aliphatic rings. The molecule has 1 aromatic carbocycles. The van der Waals surface area contributed by atoms with Gasteiger partial charge in [-0.2, -0.15) is 0 Å². The number of amides is 2. The van der Waals surface area contributed by atoms with Crippen LogP contribution in [-0.4, -0.2) is 49.6 Å². The van der Waals surface area contributed by atoms with Crippen LogP contribution in [0, 0.1) is 5.92 Å². The molecule has 2 aliphatic heterocycles. The predicted octanol–water partition coefficient (Wildman–Crippen LogP) is 1.70. The molecule has 31 heavy (non-hydrogen) atoms. The fourth-order valence-electron chi connectivity index (χ4n) is 3.53. The molecule has 2 bridgehead atoms. The Morgan fingerprint density at radius 2 is 1.84 bits per heavy atom. The number of benzene rings is 1. The Kier molecular flexibility index (Phi) is 9.78. The standard InChI is InChI=1S/C23H35N3O5/c1-15(2)13-20-22(28)25-19(23(29)30-3)7-5-4-6-12-31-17-10-8-16(9-11-17)14-18(24)21(27)26-20/h8-11,15,18-20H,4-7,12-14,24H2,1-3H3,(H,25,28)(H,26,27). The number of esters is 1. The van der Waals surface area contributed by atoms with E-state index in [1.165, 1.54) is 7.11 Å². The summed E-state index contributed by atoms with van der Waals surface area (Å²) in [7, 11) is 1.30. The van der Waals surface area contributed by atoms with Gasteiger partial charge in [0, 0.05) is 0 Å². The second kappa shape index (κ2) is 12.3. The number of nitrogens with two attached hydrogens (primary N) is 1. The molecule has 3 unspecified atom stereocenters. The van der Waals surface area contributed by atoms with Gasteiger partial charge < -0.3 is 25.8 Å². The van der Waals surface area contributed by atoms with E-state index < -0.39 is 35.9 Å². The highest BCUT2D eigenvalue weighted by Crippen LogP contribution is 2.15. The molecule has 3 rings (SSSR count). The van der Waals surface area contributed by atoms with E-state index in [1.807, 2.05) is 38.1 Å². The average molecular weight is 434 g/mol. The van der Waals surface area contributed by atoms with Crippen LogP contribution in [0.4, 0.5) is 0 Å². The second-order valence-corrected chi connectivity index (χ2v) is 8.43. The molecule has 1 aromatic rings. The van der Waals surface area contributed by atoms with E-state index in [2.05, 4.69) is 10.6 Å². The quantitative estimate of drug-likeness (QED) is 0.624. The van der Waals surface area contributed by atoms with Crippen molar-refractivity contribution < 1.29 is 23.9 Å². The molecule has 2 heterocycles. The lowest BCUT2D eigenvalue weighted by Crippen LogP contribution is -2.55. The van der Waals surface area contributed by atoms with E-state index >= 15 is 0 Å². The van der Waals surface area contributed by atoms with Crippen molar-refractivity contribution >= 4 is 17.8 Å². The lowest BCUT2D eigenvalue weighted by Gasteiger charge is -2.25. The topological polar surface area (TPSA) is 120 Å². The Balaban J connectivity index is 2.21. The van der Waals surface area contributed by atoms with E-state index in [9.17, 15) is 14.4 Å². The molecule has 2 amide bonds. The fraction of sp³-hybridized carbons (Fsp3) is 0.609. The van der Waals surface area contributed by atoms with Crippen molar-refractivity contribution in [1.29, 1.82) is 0 Å². The van der Waals surface area contributed by atoms with Gasteiger partial charge in [0.25, 0.3) is 0 Å². The maximum Gasteiger partial charge on any atom is 0.328 e. The van der Waals surface area contributed by atoms with Crippen LogP contribution in [0.15, 0.2) is 24.3 Å². The number of rotatable bonds is 3. The maximum atomic E-state index is 12.9. The lowest BCUT2D eigenvalue weighted by molar-refractivity contribution is -0.145. The van der Waals surface area contributed by atoms with Crippen molar-refractivity contribution in [2.24, 2.45) is 11.7 Å². The van der Waals surface area contributed by atoms with Gasteiger partial charge in [0.15, 0.2) is 0 Å². The molecule has 4 N–H and O–H groups in total. The highest BCUT2D eigenvalue weighted by atomic mass is 16.5. The Labute approximate surface area is 184 Å². The molecule has 0 saturated heterocycles. The van der Waals surface area contributed by atoms with Gasteiger partial charge >= 0.3 is 5.97 Å². The summed E-state index contributed by atoms with van der Waals surface area (Å²) in [5.74, 6) is -0.381. The third kappa shape index (κ3) is 8.20. The molecule has 0 aromatic heterocycles. The third-order valence-electron chi connectivity index (χ3n) is 5.26. The SMILES string of the molecule is COC(=O)C1CCCCCOc2ccc(cc2)CC(N)C(=O)NC(CC(C)C)C(=O)N1. The van der Waals surface area contributed by atoms with E-state index in [4.69, 9.17) is 15.2 Å². The van der Waals surface area contributed by atoms with Crippen molar-refractivity contribution in [3.05, 3.63) is 29.8 Å². The zero-order chi connectivity index (χ0) is 22.8. The van der Waals surface area contributed by atoms with Crippen LogP contribution in [0.5, 0.6) is 5.75 Å². The first-order chi connectivity index (χ1) is 14.8.